The Balaban J connectivity index is 1.77. The van der Waals surface area contributed by atoms with Crippen LogP contribution in [0.4, 0.5) is 5.69 Å². The molecule has 7 heteroatoms. The molecule has 7 nitrogen and oxygen atoms in total. The van der Waals surface area contributed by atoms with Crippen molar-refractivity contribution >= 4 is 29.2 Å². The fourth-order valence-corrected chi connectivity index (χ4v) is 3.18. The van der Waals surface area contributed by atoms with Crippen molar-refractivity contribution in [1.29, 1.82) is 0 Å². The molecule has 0 saturated heterocycles. The predicted molar refractivity (Wildman–Crippen MR) is 106 cm³/mol. The molecule has 2 aliphatic rings. The second-order valence-corrected chi connectivity index (χ2v) is 6.62. The Bertz CT molecular complexity index is 1080. The number of rotatable bonds is 3. The minimum Gasteiger partial charge on any atom is -0.462 e. The van der Waals surface area contributed by atoms with Gasteiger partial charge in [0.2, 0.25) is 5.88 Å². The molecule has 2 aromatic carbocycles. The minimum atomic E-state index is -0.608. The van der Waals surface area contributed by atoms with Crippen LogP contribution in [0.15, 0.2) is 65.0 Å². The van der Waals surface area contributed by atoms with E-state index in [1.54, 1.807) is 55.5 Å². The monoisotopic (exact) mass is 390 g/mol. The van der Waals surface area contributed by atoms with E-state index in [9.17, 15) is 14.4 Å². The third kappa shape index (κ3) is 3.31. The second-order valence-electron chi connectivity index (χ2n) is 6.62. The first kappa shape index (κ1) is 18.6. The van der Waals surface area contributed by atoms with Gasteiger partial charge in [-0.3, -0.25) is 9.59 Å². The molecule has 0 unspecified atom stereocenters. The maximum absolute atomic E-state index is 13.1. The number of para-hydroxylation sites is 2. The van der Waals surface area contributed by atoms with Gasteiger partial charge in [-0.1, -0.05) is 29.8 Å². The Hall–Kier alpha value is -3.74. The fourth-order valence-electron chi connectivity index (χ4n) is 3.18. The maximum Gasteiger partial charge on any atom is 0.339 e. The molecule has 2 heterocycles. The van der Waals surface area contributed by atoms with Gasteiger partial charge in [-0.2, -0.15) is 0 Å². The summed E-state index contributed by atoms with van der Waals surface area (Å²) >= 11 is 0. The van der Waals surface area contributed by atoms with Crippen molar-refractivity contribution in [2.45, 2.75) is 20.3 Å². The quantitative estimate of drug-likeness (QED) is 0.752. The molecule has 0 aromatic heterocycles. The largest absolute Gasteiger partial charge is 0.462 e. The third-order valence-corrected chi connectivity index (χ3v) is 4.63. The summed E-state index contributed by atoms with van der Waals surface area (Å²) in [4.78, 5) is 43.5. The summed E-state index contributed by atoms with van der Waals surface area (Å²) in [5.74, 6) is -1.10. The summed E-state index contributed by atoms with van der Waals surface area (Å²) < 4.78 is 10.9. The number of aliphatic imine (C=N–C) groups is 1. The number of anilines is 1. The number of esters is 1. The molecule has 0 spiro atoms. The molecular weight excluding hydrogens is 372 g/mol. The second kappa shape index (κ2) is 7.35. The summed E-state index contributed by atoms with van der Waals surface area (Å²) in [6, 6.07) is 13.8. The molecule has 0 bridgehead atoms. The van der Waals surface area contributed by atoms with E-state index in [1.807, 2.05) is 6.92 Å². The molecule has 4 rings (SSSR count). The van der Waals surface area contributed by atoms with Crippen molar-refractivity contribution in [2.24, 2.45) is 4.99 Å². The molecule has 0 atom stereocenters. The van der Waals surface area contributed by atoms with E-state index < -0.39 is 17.8 Å². The number of hydrogen-bond donors (Lipinski definition) is 0. The zero-order valence-electron chi connectivity index (χ0n) is 16.0. The van der Waals surface area contributed by atoms with E-state index in [1.165, 1.54) is 4.90 Å². The van der Waals surface area contributed by atoms with E-state index in [0.29, 0.717) is 17.0 Å². The van der Waals surface area contributed by atoms with Crippen molar-refractivity contribution < 1.29 is 23.9 Å². The standard InChI is InChI=1S/C22H18N2O5/c1-3-28-22(27)15-12-16(23-19(25)14-10-8-13(2)9-11-14)20(26)24-17-6-4-5-7-18(17)29-21(15)24/h4-11H,3,12H2,1-2H3. The molecule has 0 fully saturated rings. The normalized spacial score (nSPS) is 16.4. The Morgan fingerprint density at radius 2 is 1.86 bits per heavy atom. The van der Waals surface area contributed by atoms with Crippen LogP contribution in [-0.4, -0.2) is 30.1 Å². The SMILES string of the molecule is CCOC(=O)C1=C2Oc3ccccc3N2C(=O)C(=NC(=O)c2ccc(C)cc2)C1. The van der Waals surface area contributed by atoms with E-state index in [4.69, 9.17) is 9.47 Å². The number of nitrogens with zero attached hydrogens (tertiary/aromatic N) is 2. The number of ether oxygens (including phenoxy) is 2. The van der Waals surface area contributed by atoms with E-state index in [0.717, 1.165) is 5.56 Å². The molecule has 0 aliphatic carbocycles. The molecule has 0 N–H and O–H groups in total. The highest BCUT2D eigenvalue weighted by Crippen LogP contribution is 2.42. The van der Waals surface area contributed by atoms with Crippen molar-refractivity contribution in [1.82, 2.24) is 0 Å². The van der Waals surface area contributed by atoms with Gasteiger partial charge in [0.15, 0.2) is 5.75 Å². The van der Waals surface area contributed by atoms with Crippen molar-refractivity contribution in [3.63, 3.8) is 0 Å². The lowest BCUT2D eigenvalue weighted by Crippen LogP contribution is -2.41. The van der Waals surface area contributed by atoms with Gasteiger partial charge in [0.1, 0.15) is 11.3 Å². The number of carbonyl (C=O) groups is 3. The summed E-state index contributed by atoms with van der Waals surface area (Å²) in [6.45, 7) is 3.77. The molecule has 29 heavy (non-hydrogen) atoms. The lowest BCUT2D eigenvalue weighted by atomic mass is 10.0. The Labute approximate surface area is 167 Å². The van der Waals surface area contributed by atoms with Crippen LogP contribution in [0.2, 0.25) is 0 Å². The first-order chi connectivity index (χ1) is 14.0. The Morgan fingerprint density at radius 3 is 2.59 bits per heavy atom. The molecule has 146 valence electrons. The molecule has 2 aromatic rings. The highest BCUT2D eigenvalue weighted by atomic mass is 16.5. The molecular formula is C22H18N2O5. The lowest BCUT2D eigenvalue weighted by Gasteiger charge is -2.24. The maximum atomic E-state index is 13.1. The van der Waals surface area contributed by atoms with E-state index >= 15 is 0 Å². The summed E-state index contributed by atoms with van der Waals surface area (Å²) in [5, 5.41) is 0. The number of fused-ring (bicyclic) bond motifs is 3. The van der Waals surface area contributed by atoms with Gasteiger partial charge < -0.3 is 9.47 Å². The average molecular weight is 390 g/mol. The van der Waals surface area contributed by atoms with Gasteiger partial charge in [0.05, 0.1) is 12.3 Å². The van der Waals surface area contributed by atoms with Crippen LogP contribution in [0.25, 0.3) is 0 Å². The summed E-state index contributed by atoms with van der Waals surface area (Å²) in [7, 11) is 0. The van der Waals surface area contributed by atoms with Crippen LogP contribution >= 0.6 is 0 Å². The number of hydrogen-bond acceptors (Lipinski definition) is 5. The van der Waals surface area contributed by atoms with Gasteiger partial charge in [0.25, 0.3) is 11.8 Å². The summed E-state index contributed by atoms with van der Waals surface area (Å²) in [5.41, 5.74) is 1.97. The lowest BCUT2D eigenvalue weighted by molar-refractivity contribution is -0.138. The van der Waals surface area contributed by atoms with Crippen molar-refractivity contribution in [2.75, 3.05) is 11.5 Å². The van der Waals surface area contributed by atoms with Gasteiger partial charge in [-0.15, -0.1) is 0 Å². The zero-order valence-corrected chi connectivity index (χ0v) is 16.0. The third-order valence-electron chi connectivity index (χ3n) is 4.63. The van der Waals surface area contributed by atoms with E-state index in [2.05, 4.69) is 4.99 Å². The highest BCUT2D eigenvalue weighted by Gasteiger charge is 2.43. The van der Waals surface area contributed by atoms with Gasteiger partial charge in [-0.05, 0) is 38.1 Å². The zero-order chi connectivity index (χ0) is 20.5. The van der Waals surface area contributed by atoms with Crippen LogP contribution in [0.1, 0.15) is 29.3 Å². The fraction of sp³-hybridized carbons (Fsp3) is 0.182. The number of carbonyl (C=O) groups excluding carboxylic acids is 3. The Morgan fingerprint density at radius 1 is 1.14 bits per heavy atom. The molecule has 0 radical (unpaired) electrons. The van der Waals surface area contributed by atoms with E-state index in [-0.39, 0.29) is 30.2 Å². The Kier molecular flexibility index (Phi) is 4.72. The van der Waals surface area contributed by atoms with Crippen LogP contribution in [0.3, 0.4) is 0 Å². The van der Waals surface area contributed by atoms with Crippen LogP contribution in [-0.2, 0) is 14.3 Å². The molecule has 0 saturated carbocycles. The topological polar surface area (TPSA) is 85.3 Å². The first-order valence-corrected chi connectivity index (χ1v) is 9.19. The van der Waals surface area contributed by atoms with Crippen LogP contribution in [0, 0.1) is 6.92 Å². The summed E-state index contributed by atoms with van der Waals surface area (Å²) in [6.07, 6.45) is -0.144. The number of benzene rings is 2. The predicted octanol–water partition coefficient (Wildman–Crippen LogP) is 3.18. The molecule has 2 aliphatic heterocycles. The van der Waals surface area contributed by atoms with Crippen LogP contribution in [0.5, 0.6) is 5.75 Å². The first-order valence-electron chi connectivity index (χ1n) is 9.19. The number of amides is 2. The average Bonchev–Trinajstić information content (AvgIpc) is 3.10. The number of aryl methyl sites for hydroxylation is 1. The van der Waals surface area contributed by atoms with Gasteiger partial charge >= 0.3 is 5.97 Å². The van der Waals surface area contributed by atoms with Gasteiger partial charge in [0, 0.05) is 12.0 Å². The minimum absolute atomic E-state index is 0.0392. The smallest absolute Gasteiger partial charge is 0.339 e. The van der Waals surface area contributed by atoms with Crippen molar-refractivity contribution in [3.8, 4) is 5.75 Å². The molecule has 2 amide bonds. The van der Waals surface area contributed by atoms with Crippen LogP contribution < -0.4 is 9.64 Å². The van der Waals surface area contributed by atoms with Gasteiger partial charge in [-0.25, -0.2) is 14.7 Å². The van der Waals surface area contributed by atoms with Crippen molar-refractivity contribution in [3.05, 3.63) is 71.1 Å². The highest BCUT2D eigenvalue weighted by molar-refractivity contribution is 6.48.